The Morgan fingerprint density at radius 3 is 2.75 bits per heavy atom. The molecule has 0 spiro atoms. The molecule has 0 saturated carbocycles. The van der Waals surface area contributed by atoms with E-state index in [1.165, 1.54) is 12.3 Å². The number of hydrogen-bond donors (Lipinski definition) is 2. The van der Waals surface area contributed by atoms with Crippen molar-refractivity contribution < 1.29 is 22.3 Å². The standard InChI is InChI=1S/C13H14FNO4S/c1-9(12-3-2-6-19-12)15-20(17,18)13-7-10(8-16)4-5-11(13)14/h2-7,9,15-16H,8H2,1H3. The van der Waals surface area contributed by atoms with Crippen LogP contribution in [0.4, 0.5) is 4.39 Å². The van der Waals surface area contributed by atoms with Gasteiger partial charge in [0, 0.05) is 0 Å². The molecule has 20 heavy (non-hydrogen) atoms. The van der Waals surface area contributed by atoms with Crippen LogP contribution in [0, 0.1) is 5.82 Å². The van der Waals surface area contributed by atoms with Crippen LogP contribution >= 0.6 is 0 Å². The van der Waals surface area contributed by atoms with Crippen LogP contribution in [-0.4, -0.2) is 13.5 Å². The predicted molar refractivity (Wildman–Crippen MR) is 69.8 cm³/mol. The molecule has 0 radical (unpaired) electrons. The molecule has 0 aliphatic heterocycles. The van der Waals surface area contributed by atoms with Crippen molar-refractivity contribution in [2.45, 2.75) is 24.5 Å². The van der Waals surface area contributed by atoms with Crippen LogP contribution < -0.4 is 4.72 Å². The Bertz CT molecular complexity index is 682. The Labute approximate surface area is 116 Å². The van der Waals surface area contributed by atoms with E-state index in [0.29, 0.717) is 11.3 Å². The van der Waals surface area contributed by atoms with Gasteiger partial charge in [-0.2, -0.15) is 0 Å². The zero-order chi connectivity index (χ0) is 14.8. The van der Waals surface area contributed by atoms with Gasteiger partial charge in [-0.25, -0.2) is 17.5 Å². The van der Waals surface area contributed by atoms with Crippen LogP contribution in [0.15, 0.2) is 45.9 Å². The molecule has 1 atom stereocenters. The van der Waals surface area contributed by atoms with Crippen molar-refractivity contribution >= 4 is 10.0 Å². The molecule has 1 aromatic carbocycles. The summed E-state index contributed by atoms with van der Waals surface area (Å²) in [7, 11) is -4.04. The lowest BCUT2D eigenvalue weighted by Gasteiger charge is -2.13. The van der Waals surface area contributed by atoms with Crippen molar-refractivity contribution in [1.29, 1.82) is 0 Å². The second-order valence-electron chi connectivity index (χ2n) is 4.28. The van der Waals surface area contributed by atoms with Crippen molar-refractivity contribution in [2.24, 2.45) is 0 Å². The molecule has 2 N–H and O–H groups in total. The van der Waals surface area contributed by atoms with Crippen molar-refractivity contribution in [3.8, 4) is 0 Å². The first-order chi connectivity index (χ1) is 9.44. The van der Waals surface area contributed by atoms with E-state index in [4.69, 9.17) is 9.52 Å². The summed E-state index contributed by atoms with van der Waals surface area (Å²) in [5, 5.41) is 9.00. The highest BCUT2D eigenvalue weighted by Gasteiger charge is 2.23. The van der Waals surface area contributed by atoms with Crippen LogP contribution in [0.2, 0.25) is 0 Å². The Balaban J connectivity index is 2.31. The first-order valence-corrected chi connectivity index (χ1v) is 7.37. The maximum atomic E-state index is 13.7. The molecule has 1 heterocycles. The predicted octanol–water partition coefficient (Wildman–Crippen LogP) is 1.95. The van der Waals surface area contributed by atoms with Crippen LogP contribution in [0.1, 0.15) is 24.3 Å². The van der Waals surface area contributed by atoms with Gasteiger partial charge >= 0.3 is 0 Å². The van der Waals surface area contributed by atoms with Crippen molar-refractivity contribution in [3.05, 3.63) is 53.7 Å². The molecule has 0 saturated heterocycles. The van der Waals surface area contributed by atoms with Gasteiger partial charge in [-0.05, 0) is 36.8 Å². The Morgan fingerprint density at radius 2 is 2.15 bits per heavy atom. The van der Waals surface area contributed by atoms with Gasteiger partial charge in [0.05, 0.1) is 18.9 Å². The number of furan rings is 1. The van der Waals surface area contributed by atoms with Gasteiger partial charge in [0.15, 0.2) is 0 Å². The molecule has 108 valence electrons. The minimum atomic E-state index is -4.04. The lowest BCUT2D eigenvalue weighted by Crippen LogP contribution is -2.27. The van der Waals surface area contributed by atoms with Gasteiger partial charge in [-0.15, -0.1) is 0 Å². The fraction of sp³-hybridized carbons (Fsp3) is 0.231. The maximum Gasteiger partial charge on any atom is 0.244 e. The number of rotatable bonds is 5. The molecular formula is C13H14FNO4S. The van der Waals surface area contributed by atoms with Crippen molar-refractivity contribution in [2.75, 3.05) is 0 Å². The SMILES string of the molecule is CC(NS(=O)(=O)c1cc(CO)ccc1F)c1ccco1. The summed E-state index contributed by atoms with van der Waals surface area (Å²) < 4.78 is 45.4. The molecule has 2 aromatic rings. The zero-order valence-electron chi connectivity index (χ0n) is 10.7. The fourth-order valence-corrected chi connectivity index (χ4v) is 3.08. The van der Waals surface area contributed by atoms with E-state index < -0.39 is 26.8 Å². The van der Waals surface area contributed by atoms with E-state index in [-0.39, 0.29) is 6.61 Å². The molecule has 0 amide bonds. The van der Waals surface area contributed by atoms with Crippen LogP contribution in [-0.2, 0) is 16.6 Å². The molecule has 1 aromatic heterocycles. The van der Waals surface area contributed by atoms with E-state index in [1.54, 1.807) is 19.1 Å². The average Bonchev–Trinajstić information content (AvgIpc) is 2.92. The van der Waals surface area contributed by atoms with Gasteiger partial charge in [-0.1, -0.05) is 6.07 Å². The molecule has 0 aliphatic rings. The number of sulfonamides is 1. The smallest absolute Gasteiger partial charge is 0.244 e. The van der Waals surface area contributed by atoms with Gasteiger partial charge in [0.1, 0.15) is 16.5 Å². The van der Waals surface area contributed by atoms with Crippen LogP contribution in [0.25, 0.3) is 0 Å². The Hall–Kier alpha value is -1.70. The lowest BCUT2D eigenvalue weighted by molar-refractivity contribution is 0.281. The molecule has 0 bridgehead atoms. The molecular weight excluding hydrogens is 285 g/mol. The highest BCUT2D eigenvalue weighted by molar-refractivity contribution is 7.89. The number of hydrogen-bond acceptors (Lipinski definition) is 4. The highest BCUT2D eigenvalue weighted by Crippen LogP contribution is 2.20. The third kappa shape index (κ3) is 3.06. The summed E-state index contributed by atoms with van der Waals surface area (Å²) in [6.07, 6.45) is 1.42. The largest absolute Gasteiger partial charge is 0.468 e. The highest BCUT2D eigenvalue weighted by atomic mass is 32.2. The minimum absolute atomic E-state index is 0.317. The van der Waals surface area contributed by atoms with E-state index in [2.05, 4.69) is 4.72 Å². The number of halogens is 1. The molecule has 0 fully saturated rings. The summed E-state index contributed by atoms with van der Waals surface area (Å²) in [6.45, 7) is 1.22. The van der Waals surface area contributed by atoms with E-state index in [9.17, 15) is 12.8 Å². The molecule has 0 aliphatic carbocycles. The second kappa shape index (κ2) is 5.74. The average molecular weight is 299 g/mol. The van der Waals surface area contributed by atoms with Gasteiger partial charge in [0.2, 0.25) is 10.0 Å². The van der Waals surface area contributed by atoms with Crippen molar-refractivity contribution in [3.63, 3.8) is 0 Å². The quantitative estimate of drug-likeness (QED) is 0.884. The zero-order valence-corrected chi connectivity index (χ0v) is 11.5. The van der Waals surface area contributed by atoms with E-state index in [1.807, 2.05) is 0 Å². The molecule has 5 nitrogen and oxygen atoms in total. The van der Waals surface area contributed by atoms with Gasteiger partial charge in [-0.3, -0.25) is 0 Å². The Kier molecular flexibility index (Phi) is 4.22. The lowest BCUT2D eigenvalue weighted by atomic mass is 10.2. The topological polar surface area (TPSA) is 79.5 Å². The van der Waals surface area contributed by atoms with E-state index >= 15 is 0 Å². The summed E-state index contributed by atoms with van der Waals surface area (Å²) in [5.41, 5.74) is 0.317. The second-order valence-corrected chi connectivity index (χ2v) is 5.96. The summed E-state index contributed by atoms with van der Waals surface area (Å²) in [6, 6.07) is 6.06. The number of aliphatic hydroxyl groups is 1. The maximum absolute atomic E-state index is 13.7. The summed E-state index contributed by atoms with van der Waals surface area (Å²) in [5.74, 6) is -0.450. The molecule has 7 heteroatoms. The monoisotopic (exact) mass is 299 g/mol. The molecule has 2 rings (SSSR count). The minimum Gasteiger partial charge on any atom is -0.468 e. The summed E-state index contributed by atoms with van der Waals surface area (Å²) >= 11 is 0. The van der Waals surface area contributed by atoms with Crippen LogP contribution in [0.3, 0.4) is 0 Å². The number of nitrogens with one attached hydrogen (secondary N) is 1. The third-order valence-corrected chi connectivity index (χ3v) is 4.33. The Morgan fingerprint density at radius 1 is 1.40 bits per heavy atom. The van der Waals surface area contributed by atoms with Crippen LogP contribution in [0.5, 0.6) is 0 Å². The number of aliphatic hydroxyl groups excluding tert-OH is 1. The first-order valence-electron chi connectivity index (χ1n) is 5.89. The van der Waals surface area contributed by atoms with Gasteiger partial charge in [0.25, 0.3) is 0 Å². The first kappa shape index (κ1) is 14.7. The van der Waals surface area contributed by atoms with Crippen molar-refractivity contribution in [1.82, 2.24) is 4.72 Å². The normalized spacial score (nSPS) is 13.3. The number of benzene rings is 1. The van der Waals surface area contributed by atoms with E-state index in [0.717, 1.165) is 12.1 Å². The van der Waals surface area contributed by atoms with Gasteiger partial charge < -0.3 is 9.52 Å². The summed E-state index contributed by atoms with van der Waals surface area (Å²) in [4.78, 5) is -0.498. The fourth-order valence-electron chi connectivity index (χ4n) is 1.74. The third-order valence-electron chi connectivity index (χ3n) is 2.77. The molecule has 1 unspecified atom stereocenters.